The van der Waals surface area contributed by atoms with Crippen LogP contribution < -0.4 is 11.3 Å². The lowest BCUT2D eigenvalue weighted by Gasteiger charge is -2.12. The van der Waals surface area contributed by atoms with E-state index in [-0.39, 0.29) is 17.8 Å². The number of alkyl halides is 3. The molecule has 0 amide bonds. The molecule has 0 spiro atoms. The largest absolute Gasteiger partial charge is 0.417 e. The Hall–Kier alpha value is -2.31. The van der Waals surface area contributed by atoms with E-state index < -0.39 is 23.1 Å². The number of anilines is 1. The highest BCUT2D eigenvalue weighted by atomic mass is 19.4. The molecule has 0 aliphatic rings. The molecule has 1 aromatic heterocycles. The van der Waals surface area contributed by atoms with Crippen molar-refractivity contribution in [3.8, 4) is 0 Å². The van der Waals surface area contributed by atoms with Crippen LogP contribution >= 0.6 is 0 Å². The molecule has 0 unspecified atom stereocenters. The molecule has 2 N–H and O–H groups in total. The Morgan fingerprint density at radius 3 is 2.45 bits per heavy atom. The summed E-state index contributed by atoms with van der Waals surface area (Å²) in [4.78, 5) is 11.6. The summed E-state index contributed by atoms with van der Waals surface area (Å²) in [7, 11) is 0. The van der Waals surface area contributed by atoms with Gasteiger partial charge in [-0.05, 0) is 18.2 Å². The molecular formula is C13H10F4N2O. The number of nitrogen functional groups attached to an aromatic ring is 1. The lowest BCUT2D eigenvalue weighted by atomic mass is 10.1. The van der Waals surface area contributed by atoms with Crippen molar-refractivity contribution in [1.82, 2.24) is 4.57 Å². The van der Waals surface area contributed by atoms with Crippen molar-refractivity contribution in [2.24, 2.45) is 0 Å². The van der Waals surface area contributed by atoms with E-state index in [9.17, 15) is 22.4 Å². The van der Waals surface area contributed by atoms with Gasteiger partial charge in [0.05, 0.1) is 12.1 Å². The van der Waals surface area contributed by atoms with Crippen molar-refractivity contribution >= 4 is 5.69 Å². The van der Waals surface area contributed by atoms with Crippen LogP contribution in [0, 0.1) is 5.82 Å². The molecule has 2 aromatic rings. The minimum Gasteiger partial charge on any atom is -0.398 e. The highest BCUT2D eigenvalue weighted by Gasteiger charge is 2.31. The van der Waals surface area contributed by atoms with E-state index >= 15 is 0 Å². The number of hydrogen-bond acceptors (Lipinski definition) is 2. The van der Waals surface area contributed by atoms with Crippen LogP contribution in [0.3, 0.4) is 0 Å². The monoisotopic (exact) mass is 286 g/mol. The lowest BCUT2D eigenvalue weighted by Crippen LogP contribution is -2.22. The van der Waals surface area contributed by atoms with Crippen LogP contribution in [0.25, 0.3) is 0 Å². The minimum atomic E-state index is -4.57. The van der Waals surface area contributed by atoms with E-state index in [0.29, 0.717) is 12.3 Å². The number of halogens is 4. The topological polar surface area (TPSA) is 48.0 Å². The second-order valence-corrected chi connectivity index (χ2v) is 4.19. The Bertz CT molecular complexity index is 671. The van der Waals surface area contributed by atoms with Crippen LogP contribution in [0.5, 0.6) is 0 Å². The van der Waals surface area contributed by atoms with E-state index in [0.717, 1.165) is 16.7 Å². The number of nitrogens with two attached hydrogens (primary N) is 1. The number of rotatable bonds is 2. The zero-order chi connectivity index (χ0) is 14.9. The Kier molecular flexibility index (Phi) is 3.52. The number of benzene rings is 1. The summed E-state index contributed by atoms with van der Waals surface area (Å²) in [6.45, 7) is -0.360. The lowest BCUT2D eigenvalue weighted by molar-refractivity contribution is -0.138. The summed E-state index contributed by atoms with van der Waals surface area (Å²) >= 11 is 0. The predicted molar refractivity (Wildman–Crippen MR) is 65.6 cm³/mol. The van der Waals surface area contributed by atoms with Crippen LogP contribution in [0.2, 0.25) is 0 Å². The quantitative estimate of drug-likeness (QED) is 0.681. The SMILES string of the molecule is Nc1cccc(F)c1Cn1cc(C(F)(F)F)ccc1=O. The number of hydrogen-bond donors (Lipinski definition) is 1. The van der Waals surface area contributed by atoms with Gasteiger partial charge < -0.3 is 10.3 Å². The summed E-state index contributed by atoms with van der Waals surface area (Å²) in [5, 5.41) is 0. The van der Waals surface area contributed by atoms with Crippen molar-refractivity contribution in [2.45, 2.75) is 12.7 Å². The van der Waals surface area contributed by atoms with Crippen LogP contribution in [0.15, 0.2) is 41.3 Å². The molecule has 0 saturated carbocycles. The number of pyridine rings is 1. The van der Waals surface area contributed by atoms with Crippen molar-refractivity contribution in [1.29, 1.82) is 0 Å². The van der Waals surface area contributed by atoms with Gasteiger partial charge in [0.15, 0.2) is 0 Å². The predicted octanol–water partition coefficient (Wildman–Crippen LogP) is 2.64. The van der Waals surface area contributed by atoms with E-state index in [2.05, 4.69) is 0 Å². The van der Waals surface area contributed by atoms with Gasteiger partial charge in [0, 0.05) is 23.5 Å². The fourth-order valence-corrected chi connectivity index (χ4v) is 1.74. The first-order valence-electron chi connectivity index (χ1n) is 5.59. The molecule has 106 valence electrons. The zero-order valence-electron chi connectivity index (χ0n) is 10.1. The second kappa shape index (κ2) is 4.99. The Balaban J connectivity index is 2.46. The zero-order valence-corrected chi connectivity index (χ0v) is 10.1. The molecular weight excluding hydrogens is 276 g/mol. The molecule has 1 aromatic carbocycles. The summed E-state index contributed by atoms with van der Waals surface area (Å²) in [6, 6.07) is 5.40. The molecule has 3 nitrogen and oxygen atoms in total. The average Bonchev–Trinajstić information content (AvgIpc) is 2.34. The van der Waals surface area contributed by atoms with Gasteiger partial charge in [0.2, 0.25) is 0 Å². The first-order valence-corrected chi connectivity index (χ1v) is 5.59. The van der Waals surface area contributed by atoms with Gasteiger partial charge in [-0.15, -0.1) is 0 Å². The summed E-state index contributed by atoms with van der Waals surface area (Å²) in [6.07, 6.45) is -3.93. The Morgan fingerprint density at radius 2 is 1.85 bits per heavy atom. The Morgan fingerprint density at radius 1 is 1.15 bits per heavy atom. The molecule has 0 saturated heterocycles. The molecule has 1 heterocycles. The van der Waals surface area contributed by atoms with Crippen LogP contribution in [-0.4, -0.2) is 4.57 Å². The van der Waals surface area contributed by atoms with Crippen molar-refractivity contribution in [3.63, 3.8) is 0 Å². The molecule has 0 bridgehead atoms. The van der Waals surface area contributed by atoms with Crippen molar-refractivity contribution in [2.75, 3.05) is 5.73 Å². The highest BCUT2D eigenvalue weighted by molar-refractivity contribution is 5.47. The maximum atomic E-state index is 13.6. The standard InChI is InChI=1S/C13H10F4N2O/c14-10-2-1-3-11(18)9(10)7-19-6-8(13(15,16)17)4-5-12(19)20/h1-6H,7,18H2. The first kappa shape index (κ1) is 14.1. The van der Waals surface area contributed by atoms with Crippen molar-refractivity contribution in [3.05, 3.63) is 63.8 Å². The normalized spacial score (nSPS) is 11.6. The van der Waals surface area contributed by atoms with Gasteiger partial charge in [-0.3, -0.25) is 4.79 Å². The van der Waals surface area contributed by atoms with Crippen LogP contribution in [-0.2, 0) is 12.7 Å². The van der Waals surface area contributed by atoms with E-state index in [4.69, 9.17) is 5.73 Å². The summed E-state index contributed by atoms with van der Waals surface area (Å²) in [5.41, 5.74) is 3.98. The fourth-order valence-electron chi connectivity index (χ4n) is 1.74. The minimum absolute atomic E-state index is 0.0195. The molecule has 0 fully saturated rings. The number of nitrogens with zero attached hydrogens (tertiary/aromatic N) is 1. The maximum Gasteiger partial charge on any atom is 0.417 e. The second-order valence-electron chi connectivity index (χ2n) is 4.19. The first-order chi connectivity index (χ1) is 9.29. The van der Waals surface area contributed by atoms with Gasteiger partial charge in [0.25, 0.3) is 5.56 Å². The number of aromatic nitrogens is 1. The van der Waals surface area contributed by atoms with Crippen LogP contribution in [0.4, 0.5) is 23.2 Å². The highest BCUT2D eigenvalue weighted by Crippen LogP contribution is 2.28. The van der Waals surface area contributed by atoms with Gasteiger partial charge in [-0.1, -0.05) is 6.07 Å². The maximum absolute atomic E-state index is 13.6. The van der Waals surface area contributed by atoms with Gasteiger partial charge in [-0.2, -0.15) is 13.2 Å². The molecule has 7 heteroatoms. The molecule has 0 atom stereocenters. The molecule has 20 heavy (non-hydrogen) atoms. The third-order valence-electron chi connectivity index (χ3n) is 2.79. The third kappa shape index (κ3) is 2.81. The summed E-state index contributed by atoms with van der Waals surface area (Å²) < 4.78 is 52.1. The molecule has 2 rings (SSSR count). The third-order valence-corrected chi connectivity index (χ3v) is 2.79. The summed E-state index contributed by atoms with van der Waals surface area (Å²) in [5.74, 6) is -0.672. The average molecular weight is 286 g/mol. The van der Waals surface area contributed by atoms with Gasteiger partial charge in [0.1, 0.15) is 5.82 Å². The van der Waals surface area contributed by atoms with E-state index in [1.165, 1.54) is 12.1 Å². The van der Waals surface area contributed by atoms with E-state index in [1.54, 1.807) is 0 Å². The van der Waals surface area contributed by atoms with Crippen LogP contribution in [0.1, 0.15) is 11.1 Å². The Labute approximate surface area is 111 Å². The van der Waals surface area contributed by atoms with Crippen molar-refractivity contribution < 1.29 is 17.6 Å². The molecule has 0 radical (unpaired) electrons. The fraction of sp³-hybridized carbons (Fsp3) is 0.154. The van der Waals surface area contributed by atoms with Gasteiger partial charge >= 0.3 is 6.18 Å². The molecule has 0 aliphatic carbocycles. The smallest absolute Gasteiger partial charge is 0.398 e. The van der Waals surface area contributed by atoms with E-state index in [1.807, 2.05) is 0 Å². The van der Waals surface area contributed by atoms with Gasteiger partial charge in [-0.25, -0.2) is 4.39 Å². The molecule has 0 aliphatic heterocycles.